The zero-order chi connectivity index (χ0) is 12.1. The monoisotopic (exact) mass is 285 g/mol. The minimum absolute atomic E-state index is 0.0811. The summed E-state index contributed by atoms with van der Waals surface area (Å²) in [6, 6.07) is 5.32. The molecule has 0 spiro atoms. The summed E-state index contributed by atoms with van der Waals surface area (Å²) in [5.74, 6) is -0.220. The maximum atomic E-state index is 13.4. The molecule has 0 saturated carbocycles. The summed E-state index contributed by atoms with van der Waals surface area (Å²) in [4.78, 5) is 0. The van der Waals surface area contributed by atoms with E-state index in [0.717, 1.165) is 12.1 Å². The van der Waals surface area contributed by atoms with Crippen molar-refractivity contribution >= 4 is 15.9 Å². The number of allylic oxidation sites excluding steroid dienone is 1. The molecule has 1 aromatic carbocycles. The summed E-state index contributed by atoms with van der Waals surface area (Å²) in [5, 5.41) is 3.32. The fraction of sp³-hybridized carbons (Fsp3) is 0.385. The lowest BCUT2D eigenvalue weighted by atomic mass is 10.0. The predicted molar refractivity (Wildman–Crippen MR) is 69.9 cm³/mol. The first kappa shape index (κ1) is 13.4. The van der Waals surface area contributed by atoms with E-state index in [4.69, 9.17) is 0 Å². The van der Waals surface area contributed by atoms with Crippen LogP contribution in [0.3, 0.4) is 0 Å². The van der Waals surface area contributed by atoms with Crippen LogP contribution < -0.4 is 5.32 Å². The summed E-state index contributed by atoms with van der Waals surface area (Å²) >= 11 is 3.16. The molecule has 1 aromatic rings. The molecule has 1 unspecified atom stereocenters. The first-order valence-electron chi connectivity index (χ1n) is 5.38. The molecule has 88 valence electrons. The fourth-order valence-corrected chi connectivity index (χ4v) is 1.78. The van der Waals surface area contributed by atoms with Gasteiger partial charge in [0.05, 0.1) is 10.5 Å². The highest BCUT2D eigenvalue weighted by molar-refractivity contribution is 9.10. The molecule has 0 aliphatic heterocycles. The van der Waals surface area contributed by atoms with E-state index in [2.05, 4.69) is 27.3 Å². The molecule has 0 heterocycles. The lowest BCUT2D eigenvalue weighted by Gasteiger charge is -2.15. The molecule has 3 heteroatoms. The lowest BCUT2D eigenvalue weighted by Crippen LogP contribution is -2.19. The molecule has 0 aliphatic carbocycles. The molecular formula is C13H17BrFN. The Bertz CT molecular complexity index is 384. The van der Waals surface area contributed by atoms with Crippen molar-refractivity contribution in [3.05, 3.63) is 45.7 Å². The first-order chi connectivity index (χ1) is 7.54. The third-order valence-electron chi connectivity index (χ3n) is 2.23. The zero-order valence-corrected chi connectivity index (χ0v) is 11.4. The molecule has 0 fully saturated rings. The Morgan fingerprint density at radius 1 is 1.50 bits per heavy atom. The molecule has 0 aromatic heterocycles. The largest absolute Gasteiger partial charge is 0.307 e. The van der Waals surface area contributed by atoms with Gasteiger partial charge in [-0.2, -0.15) is 0 Å². The fourth-order valence-electron chi connectivity index (χ4n) is 1.53. The number of benzene rings is 1. The van der Waals surface area contributed by atoms with Crippen LogP contribution in [0.25, 0.3) is 0 Å². The second kappa shape index (κ2) is 6.16. The van der Waals surface area contributed by atoms with Gasteiger partial charge in [-0.25, -0.2) is 4.39 Å². The highest BCUT2D eigenvalue weighted by atomic mass is 79.9. The van der Waals surface area contributed by atoms with Crippen LogP contribution >= 0.6 is 15.9 Å². The average Bonchev–Trinajstić information content (AvgIpc) is 2.21. The van der Waals surface area contributed by atoms with E-state index in [0.29, 0.717) is 4.47 Å². The Morgan fingerprint density at radius 3 is 2.69 bits per heavy atom. The second-order valence-electron chi connectivity index (χ2n) is 3.95. The van der Waals surface area contributed by atoms with Crippen LogP contribution in [0.2, 0.25) is 0 Å². The van der Waals surface area contributed by atoms with Gasteiger partial charge in [-0.3, -0.25) is 0 Å². The van der Waals surface area contributed by atoms with Gasteiger partial charge in [0.25, 0.3) is 0 Å². The van der Waals surface area contributed by atoms with Crippen LogP contribution in [-0.4, -0.2) is 6.54 Å². The summed E-state index contributed by atoms with van der Waals surface area (Å²) < 4.78 is 13.9. The van der Waals surface area contributed by atoms with Gasteiger partial charge in [0.1, 0.15) is 5.82 Å². The number of halogens is 2. The number of hydrogen-bond acceptors (Lipinski definition) is 1. The third kappa shape index (κ3) is 3.72. The van der Waals surface area contributed by atoms with Crippen molar-refractivity contribution in [2.45, 2.75) is 26.8 Å². The van der Waals surface area contributed by atoms with Crippen molar-refractivity contribution in [1.29, 1.82) is 0 Å². The Morgan fingerprint density at radius 2 is 2.19 bits per heavy atom. The van der Waals surface area contributed by atoms with Crippen LogP contribution in [0.15, 0.2) is 34.3 Å². The molecule has 0 aliphatic rings. The molecule has 0 radical (unpaired) electrons. The van der Waals surface area contributed by atoms with Crippen molar-refractivity contribution < 1.29 is 4.39 Å². The minimum Gasteiger partial charge on any atom is -0.307 e. The highest BCUT2D eigenvalue weighted by Gasteiger charge is 2.09. The van der Waals surface area contributed by atoms with E-state index >= 15 is 0 Å². The normalized spacial score (nSPS) is 12.3. The molecule has 1 rings (SSSR count). The van der Waals surface area contributed by atoms with Gasteiger partial charge in [0, 0.05) is 0 Å². The van der Waals surface area contributed by atoms with Gasteiger partial charge >= 0.3 is 0 Å². The number of likely N-dealkylation sites (N-methyl/N-ethyl adjacent to an activating group) is 1. The number of rotatable bonds is 4. The molecule has 1 atom stereocenters. The van der Waals surface area contributed by atoms with Gasteiger partial charge in [-0.15, -0.1) is 0 Å². The molecule has 0 bridgehead atoms. The van der Waals surface area contributed by atoms with Gasteiger partial charge < -0.3 is 5.32 Å². The summed E-state index contributed by atoms with van der Waals surface area (Å²) in [5.41, 5.74) is 2.16. The van der Waals surface area contributed by atoms with Crippen LogP contribution in [0.4, 0.5) is 4.39 Å². The summed E-state index contributed by atoms with van der Waals surface area (Å²) in [6.45, 7) is 6.98. The Hall–Kier alpha value is -0.670. The van der Waals surface area contributed by atoms with Gasteiger partial charge in [-0.1, -0.05) is 24.6 Å². The average molecular weight is 286 g/mol. The van der Waals surface area contributed by atoms with E-state index in [9.17, 15) is 4.39 Å². The molecular weight excluding hydrogens is 269 g/mol. The summed E-state index contributed by atoms with van der Waals surface area (Å²) in [7, 11) is 0. The van der Waals surface area contributed by atoms with E-state index in [1.165, 1.54) is 5.57 Å². The highest BCUT2D eigenvalue weighted by Crippen LogP contribution is 2.22. The van der Waals surface area contributed by atoms with Crippen molar-refractivity contribution in [2.75, 3.05) is 6.54 Å². The van der Waals surface area contributed by atoms with Crippen LogP contribution in [0.1, 0.15) is 32.4 Å². The predicted octanol–water partition coefficient (Wildman–Crippen LogP) is 4.21. The quantitative estimate of drug-likeness (QED) is 0.818. The van der Waals surface area contributed by atoms with Crippen LogP contribution in [0, 0.1) is 5.82 Å². The van der Waals surface area contributed by atoms with Gasteiger partial charge in [-0.05, 0) is 54.0 Å². The Kier molecular flexibility index (Phi) is 5.16. The van der Waals surface area contributed by atoms with E-state index < -0.39 is 0 Å². The standard InChI is InChI=1S/C13H17BrFN/c1-4-16-13(7-9(2)3)10-5-6-11(14)12(15)8-10/h5-8,13,16H,4H2,1-3H3. The maximum absolute atomic E-state index is 13.4. The summed E-state index contributed by atoms with van der Waals surface area (Å²) in [6.07, 6.45) is 2.10. The van der Waals surface area contributed by atoms with Crippen molar-refractivity contribution in [3.63, 3.8) is 0 Å². The topological polar surface area (TPSA) is 12.0 Å². The van der Waals surface area contributed by atoms with E-state index in [-0.39, 0.29) is 11.9 Å². The number of hydrogen-bond donors (Lipinski definition) is 1. The third-order valence-corrected chi connectivity index (χ3v) is 2.87. The second-order valence-corrected chi connectivity index (χ2v) is 4.81. The molecule has 1 N–H and O–H groups in total. The maximum Gasteiger partial charge on any atom is 0.137 e. The lowest BCUT2D eigenvalue weighted by molar-refractivity contribution is 0.604. The first-order valence-corrected chi connectivity index (χ1v) is 6.17. The molecule has 16 heavy (non-hydrogen) atoms. The minimum atomic E-state index is -0.220. The van der Waals surface area contributed by atoms with Crippen molar-refractivity contribution in [3.8, 4) is 0 Å². The zero-order valence-electron chi connectivity index (χ0n) is 9.85. The number of nitrogens with one attached hydrogen (secondary N) is 1. The van der Waals surface area contributed by atoms with Crippen LogP contribution in [-0.2, 0) is 0 Å². The van der Waals surface area contributed by atoms with E-state index in [1.54, 1.807) is 12.1 Å². The molecule has 1 nitrogen and oxygen atoms in total. The smallest absolute Gasteiger partial charge is 0.137 e. The van der Waals surface area contributed by atoms with E-state index in [1.807, 2.05) is 26.8 Å². The van der Waals surface area contributed by atoms with Gasteiger partial charge in [0.2, 0.25) is 0 Å². The molecule has 0 saturated heterocycles. The SMILES string of the molecule is CCNC(C=C(C)C)c1ccc(Br)c(F)c1. The Balaban J connectivity index is 3.01. The van der Waals surface area contributed by atoms with Crippen molar-refractivity contribution in [2.24, 2.45) is 0 Å². The van der Waals surface area contributed by atoms with Crippen LogP contribution in [0.5, 0.6) is 0 Å². The molecule has 0 amide bonds. The Labute approximate surface area is 105 Å². The van der Waals surface area contributed by atoms with Gasteiger partial charge in [0.15, 0.2) is 0 Å². The van der Waals surface area contributed by atoms with Crippen molar-refractivity contribution in [1.82, 2.24) is 5.32 Å².